The van der Waals surface area contributed by atoms with Crippen LogP contribution in [0.3, 0.4) is 0 Å². The second-order valence-corrected chi connectivity index (χ2v) is 9.25. The molecular weight excluding hydrogens is 488 g/mol. The molecule has 0 aliphatic heterocycles. The average Bonchev–Trinajstić information content (AvgIpc) is 3.03. The fraction of sp³-hybridized carbons (Fsp3) is 0. The monoisotopic (exact) mass is 516 g/mol. The Hall–Kier alpha value is -3.94. The van der Waals surface area contributed by atoms with E-state index < -0.39 is 24.2 Å². The van der Waals surface area contributed by atoms with E-state index in [0.29, 0.717) is 11.1 Å². The van der Waals surface area contributed by atoms with Gasteiger partial charge in [-0.3, -0.25) is 0 Å². The van der Waals surface area contributed by atoms with Crippen molar-refractivity contribution in [2.75, 3.05) is 0 Å². The van der Waals surface area contributed by atoms with Gasteiger partial charge in [0, 0.05) is 4.47 Å². The number of hydrogen-bond donors (Lipinski definition) is 0. The molecule has 0 aliphatic rings. The second-order valence-electron chi connectivity index (χ2n) is 8.46. The predicted octanol–water partition coefficient (Wildman–Crippen LogP) is 10.4. The molecule has 35 heavy (non-hydrogen) atoms. The SMILES string of the molecule is [2H]c1c([2H])c([2H])c2c(-c3ccc4cc(-c5ccccc5)c5ccccc5c4c3)c3c([2H])c([2H])c([2H])c([2H])c3c(Br)c2c1[2H]. The molecule has 0 heterocycles. The fourth-order valence-electron chi connectivity index (χ4n) is 4.98. The molecule has 1 heteroatoms. The van der Waals surface area contributed by atoms with Crippen LogP contribution < -0.4 is 0 Å². The summed E-state index contributed by atoms with van der Waals surface area (Å²) in [5.41, 5.74) is 3.09. The van der Waals surface area contributed by atoms with Crippen molar-refractivity contribution in [3.8, 4) is 22.3 Å². The third-order valence-corrected chi connectivity index (χ3v) is 7.34. The van der Waals surface area contributed by atoms with E-state index in [2.05, 4.69) is 40.2 Å². The van der Waals surface area contributed by atoms with Gasteiger partial charge in [-0.2, -0.15) is 0 Å². The normalized spacial score (nSPS) is 14.8. The zero-order valence-corrected chi connectivity index (χ0v) is 20.0. The minimum absolute atomic E-state index is 0.169. The molecule has 0 aliphatic carbocycles. The highest BCUT2D eigenvalue weighted by Gasteiger charge is 2.15. The Morgan fingerprint density at radius 1 is 0.486 bits per heavy atom. The maximum atomic E-state index is 8.92. The van der Waals surface area contributed by atoms with E-state index in [1.807, 2.05) is 54.6 Å². The van der Waals surface area contributed by atoms with Crippen LogP contribution in [0.2, 0.25) is 0 Å². The van der Waals surface area contributed by atoms with E-state index >= 15 is 0 Å². The van der Waals surface area contributed by atoms with Crippen LogP contribution in [0.25, 0.3) is 65.3 Å². The Balaban J connectivity index is 1.69. The maximum Gasteiger partial charge on any atom is 0.0630 e. The first-order valence-electron chi connectivity index (χ1n) is 15.2. The van der Waals surface area contributed by atoms with Gasteiger partial charge < -0.3 is 0 Å². The van der Waals surface area contributed by atoms with Crippen LogP contribution in [0.5, 0.6) is 0 Å². The van der Waals surface area contributed by atoms with Gasteiger partial charge in [0.2, 0.25) is 0 Å². The molecule has 0 atom stereocenters. The molecule has 7 aromatic carbocycles. The summed E-state index contributed by atoms with van der Waals surface area (Å²) in [6, 6.07) is 23.4. The molecule has 0 amide bonds. The van der Waals surface area contributed by atoms with Crippen molar-refractivity contribution in [3.05, 3.63) is 132 Å². The van der Waals surface area contributed by atoms with Crippen molar-refractivity contribution in [3.63, 3.8) is 0 Å². The van der Waals surface area contributed by atoms with Gasteiger partial charge in [-0.05, 0) is 93.4 Å². The van der Waals surface area contributed by atoms with Crippen LogP contribution in [-0.2, 0) is 0 Å². The summed E-state index contributed by atoms with van der Waals surface area (Å²) in [6.07, 6.45) is 0. The van der Waals surface area contributed by atoms with Gasteiger partial charge >= 0.3 is 0 Å². The zero-order valence-electron chi connectivity index (χ0n) is 26.4. The summed E-state index contributed by atoms with van der Waals surface area (Å²) >= 11 is 3.48. The smallest absolute Gasteiger partial charge is 0.0622 e. The van der Waals surface area contributed by atoms with Crippen LogP contribution in [0.1, 0.15) is 11.0 Å². The van der Waals surface area contributed by atoms with Crippen molar-refractivity contribution >= 4 is 59.0 Å². The van der Waals surface area contributed by atoms with Crippen molar-refractivity contribution in [1.29, 1.82) is 0 Å². The molecule has 0 unspecified atom stereocenters. The largest absolute Gasteiger partial charge is 0.0630 e. The van der Waals surface area contributed by atoms with Gasteiger partial charge in [0.1, 0.15) is 0 Å². The standard InChI is InChI=1S/C34H21Br/c35-34-29-16-8-6-14-27(29)33(28-15-7-9-17-30(28)34)24-19-18-23-20-31(22-10-2-1-3-11-22)25-12-4-5-13-26(25)32(23)21-24/h1-21H/i6D,7D,8D,9D,14D,15D,16D,17D. The van der Waals surface area contributed by atoms with E-state index in [4.69, 9.17) is 11.0 Å². The lowest BCUT2D eigenvalue weighted by molar-refractivity contribution is 1.66. The highest BCUT2D eigenvalue weighted by molar-refractivity contribution is 9.10. The van der Waals surface area contributed by atoms with Crippen LogP contribution in [-0.4, -0.2) is 0 Å². The average molecular weight is 517 g/mol. The van der Waals surface area contributed by atoms with Crippen LogP contribution in [0.4, 0.5) is 0 Å². The van der Waals surface area contributed by atoms with Gasteiger partial charge in [-0.25, -0.2) is 0 Å². The lowest BCUT2D eigenvalue weighted by atomic mass is 9.88. The highest BCUT2D eigenvalue weighted by atomic mass is 79.9. The topological polar surface area (TPSA) is 0 Å². The molecule has 0 saturated carbocycles. The number of fused-ring (bicyclic) bond motifs is 5. The van der Waals surface area contributed by atoms with Gasteiger partial charge in [0.15, 0.2) is 0 Å². The molecule has 0 nitrogen and oxygen atoms in total. The maximum absolute atomic E-state index is 8.92. The third-order valence-electron chi connectivity index (χ3n) is 6.55. The van der Waals surface area contributed by atoms with Gasteiger partial charge in [0.25, 0.3) is 0 Å². The van der Waals surface area contributed by atoms with Crippen molar-refractivity contribution in [2.24, 2.45) is 0 Å². The lowest BCUT2D eigenvalue weighted by Crippen LogP contribution is -1.89. The molecule has 7 aromatic rings. The van der Waals surface area contributed by atoms with E-state index in [1.54, 1.807) is 0 Å². The number of benzene rings is 7. The number of hydrogen-bond acceptors (Lipinski definition) is 0. The summed E-state index contributed by atoms with van der Waals surface area (Å²) in [5.74, 6) is 0. The van der Waals surface area contributed by atoms with Crippen molar-refractivity contribution in [2.45, 2.75) is 0 Å². The lowest BCUT2D eigenvalue weighted by Gasteiger charge is -2.16. The molecular formula is C34H21Br. The number of halogens is 1. The van der Waals surface area contributed by atoms with Crippen LogP contribution in [0, 0.1) is 0 Å². The molecule has 0 aromatic heterocycles. The zero-order chi connectivity index (χ0) is 30.3. The summed E-state index contributed by atoms with van der Waals surface area (Å²) in [4.78, 5) is 0. The van der Waals surface area contributed by atoms with Crippen LogP contribution >= 0.6 is 15.9 Å². The molecule has 0 spiro atoms. The van der Waals surface area contributed by atoms with Crippen molar-refractivity contribution < 1.29 is 11.0 Å². The molecule has 7 rings (SSSR count). The van der Waals surface area contributed by atoms with Gasteiger partial charge in [-0.1, -0.05) is 115 Å². The first-order chi connectivity index (χ1) is 20.6. The minimum atomic E-state index is -0.415. The first kappa shape index (κ1) is 13.8. The summed E-state index contributed by atoms with van der Waals surface area (Å²) in [5, 5.41) is 4.66. The summed E-state index contributed by atoms with van der Waals surface area (Å²) in [6.45, 7) is 0. The highest BCUT2D eigenvalue weighted by Crippen LogP contribution is 2.43. The Morgan fingerprint density at radius 2 is 1.09 bits per heavy atom. The predicted molar refractivity (Wildman–Crippen MR) is 155 cm³/mol. The van der Waals surface area contributed by atoms with Crippen LogP contribution in [0.15, 0.2) is 132 Å². The molecule has 0 fully saturated rings. The quantitative estimate of drug-likeness (QED) is 0.158. The Labute approximate surface area is 223 Å². The summed E-state index contributed by atoms with van der Waals surface area (Å²) in [7, 11) is 0. The van der Waals surface area contributed by atoms with E-state index in [9.17, 15) is 0 Å². The Kier molecular flexibility index (Phi) is 3.19. The van der Waals surface area contributed by atoms with Crippen molar-refractivity contribution in [1.82, 2.24) is 0 Å². The Morgan fingerprint density at radius 3 is 1.77 bits per heavy atom. The Bertz CT molecular complexity index is 2250. The first-order valence-corrected chi connectivity index (χ1v) is 12.0. The molecule has 0 N–H and O–H groups in total. The summed E-state index contributed by atoms with van der Waals surface area (Å²) < 4.78 is 69.2. The third kappa shape index (κ3) is 3.20. The minimum Gasteiger partial charge on any atom is -0.0622 e. The van der Waals surface area contributed by atoms with Gasteiger partial charge in [-0.15, -0.1) is 0 Å². The van der Waals surface area contributed by atoms with Gasteiger partial charge in [0.05, 0.1) is 11.0 Å². The van der Waals surface area contributed by atoms with E-state index in [1.165, 1.54) is 0 Å². The molecule has 164 valence electrons. The molecule has 0 radical (unpaired) electrons. The fourth-order valence-corrected chi connectivity index (χ4v) is 5.58. The number of rotatable bonds is 2. The van der Waals surface area contributed by atoms with E-state index in [-0.39, 0.29) is 50.2 Å². The molecule has 0 bridgehead atoms. The molecule has 0 saturated heterocycles. The second kappa shape index (κ2) is 8.08. The van der Waals surface area contributed by atoms with E-state index in [0.717, 1.165) is 32.7 Å².